The standard InChI is InChI=1S/C58H110O15/c1-3-5-7-9-11-13-15-17-19-21-22-23-25-27-29-31-33-35-37-39-41-50(61)71-46(43-68-49(60)40-38-36-34-32-30-28-26-24-20-18-16-14-12-10-8-6-4-2)44-69-57-56(67)54(65)52(63)48(73-57)45-70-58-55(66)53(64)51(62)47(42-59)72-58/h46-48,51-59,62-67H,3-45H2,1-2H3. The summed E-state index contributed by atoms with van der Waals surface area (Å²) in [6, 6.07) is 0. The molecule has 0 aromatic rings. The third-order valence-corrected chi connectivity index (χ3v) is 14.8. The molecule has 0 amide bonds. The monoisotopic (exact) mass is 1050 g/mol. The number of hydrogen-bond donors (Lipinski definition) is 7. The van der Waals surface area contributed by atoms with Gasteiger partial charge < -0.3 is 64.2 Å². The van der Waals surface area contributed by atoms with Gasteiger partial charge in [0.15, 0.2) is 18.7 Å². The van der Waals surface area contributed by atoms with Crippen LogP contribution in [0.3, 0.4) is 0 Å². The first-order valence-corrected chi connectivity index (χ1v) is 30.1. The van der Waals surface area contributed by atoms with Gasteiger partial charge in [-0.05, 0) is 12.8 Å². The Morgan fingerprint density at radius 2 is 0.699 bits per heavy atom. The summed E-state index contributed by atoms with van der Waals surface area (Å²) in [7, 11) is 0. The quantitative estimate of drug-likeness (QED) is 0.0222. The molecular weight excluding hydrogens is 937 g/mol. The SMILES string of the molecule is CCCCCCCCCCCCCCCCCCCCCCC(=O)OC(COC(=O)CCCCCCCCCCCCCCCCCCC)COC1OC(COC2OC(CO)C(O)C(O)C2O)C(O)C(O)C1O. The lowest BCUT2D eigenvalue weighted by Crippen LogP contribution is -2.61. The zero-order valence-electron chi connectivity index (χ0n) is 46.2. The molecule has 2 aliphatic heterocycles. The largest absolute Gasteiger partial charge is 0.462 e. The van der Waals surface area contributed by atoms with Crippen molar-refractivity contribution in [3.63, 3.8) is 0 Å². The summed E-state index contributed by atoms with van der Waals surface area (Å²) in [5.41, 5.74) is 0. The van der Waals surface area contributed by atoms with Gasteiger partial charge in [0.2, 0.25) is 0 Å². The van der Waals surface area contributed by atoms with E-state index in [0.717, 1.165) is 38.5 Å². The first-order chi connectivity index (χ1) is 35.5. The van der Waals surface area contributed by atoms with Gasteiger partial charge in [-0.2, -0.15) is 0 Å². The van der Waals surface area contributed by atoms with Crippen LogP contribution in [0.15, 0.2) is 0 Å². The molecule has 2 heterocycles. The van der Waals surface area contributed by atoms with Crippen LogP contribution in [0.25, 0.3) is 0 Å². The molecule has 0 bridgehead atoms. The van der Waals surface area contributed by atoms with Crippen LogP contribution in [0.5, 0.6) is 0 Å². The van der Waals surface area contributed by atoms with Crippen LogP contribution in [-0.2, 0) is 38.0 Å². The molecule has 0 spiro atoms. The van der Waals surface area contributed by atoms with Crippen LogP contribution in [0.2, 0.25) is 0 Å². The van der Waals surface area contributed by atoms with Crippen molar-refractivity contribution >= 4 is 11.9 Å². The molecule has 11 unspecified atom stereocenters. The summed E-state index contributed by atoms with van der Waals surface area (Å²) >= 11 is 0. The Kier molecular flexibility index (Phi) is 42.2. The van der Waals surface area contributed by atoms with Gasteiger partial charge in [0.1, 0.15) is 55.4 Å². The smallest absolute Gasteiger partial charge is 0.306 e. The van der Waals surface area contributed by atoms with E-state index in [1.54, 1.807) is 0 Å². The first kappa shape index (κ1) is 67.6. The highest BCUT2D eigenvalue weighted by molar-refractivity contribution is 5.70. The molecule has 0 saturated carbocycles. The van der Waals surface area contributed by atoms with Crippen molar-refractivity contribution in [1.82, 2.24) is 0 Å². The minimum Gasteiger partial charge on any atom is -0.462 e. The van der Waals surface area contributed by atoms with Crippen LogP contribution >= 0.6 is 0 Å². The van der Waals surface area contributed by atoms with Crippen molar-refractivity contribution in [3.8, 4) is 0 Å². The number of hydrogen-bond acceptors (Lipinski definition) is 15. The second kappa shape index (κ2) is 45.5. The van der Waals surface area contributed by atoms with E-state index in [-0.39, 0.29) is 26.1 Å². The van der Waals surface area contributed by atoms with Crippen LogP contribution in [0.4, 0.5) is 0 Å². The Hall–Kier alpha value is -1.50. The lowest BCUT2D eigenvalue weighted by atomic mass is 9.98. The molecule has 2 aliphatic rings. The van der Waals surface area contributed by atoms with E-state index in [1.165, 1.54) is 186 Å². The predicted molar refractivity (Wildman–Crippen MR) is 285 cm³/mol. The minimum absolute atomic E-state index is 0.174. The molecular formula is C58H110O15. The number of aliphatic hydroxyl groups is 7. The van der Waals surface area contributed by atoms with Crippen molar-refractivity contribution in [2.24, 2.45) is 0 Å². The normalized spacial score (nSPS) is 24.7. The summed E-state index contributed by atoms with van der Waals surface area (Å²) in [6.07, 6.45) is 29.8. The van der Waals surface area contributed by atoms with Crippen molar-refractivity contribution in [2.45, 2.75) is 332 Å². The van der Waals surface area contributed by atoms with E-state index in [1.807, 2.05) is 0 Å². The topological polar surface area (TPSA) is 231 Å². The number of aliphatic hydroxyl groups excluding tert-OH is 7. The summed E-state index contributed by atoms with van der Waals surface area (Å²) in [4.78, 5) is 25.9. The van der Waals surface area contributed by atoms with E-state index >= 15 is 0 Å². The van der Waals surface area contributed by atoms with Crippen molar-refractivity contribution in [3.05, 3.63) is 0 Å². The van der Waals surface area contributed by atoms with E-state index in [2.05, 4.69) is 13.8 Å². The van der Waals surface area contributed by atoms with Gasteiger partial charge in [0.25, 0.3) is 0 Å². The second-order valence-electron chi connectivity index (χ2n) is 21.5. The number of ether oxygens (including phenoxy) is 6. The molecule has 432 valence electrons. The van der Waals surface area contributed by atoms with Crippen LogP contribution in [-0.4, -0.2) is 142 Å². The summed E-state index contributed by atoms with van der Waals surface area (Å²) in [5, 5.41) is 72.3. The van der Waals surface area contributed by atoms with Crippen LogP contribution in [0, 0.1) is 0 Å². The number of unbranched alkanes of at least 4 members (excludes halogenated alkanes) is 35. The van der Waals surface area contributed by atoms with Crippen molar-refractivity contribution in [1.29, 1.82) is 0 Å². The highest BCUT2D eigenvalue weighted by Gasteiger charge is 2.47. The molecule has 7 N–H and O–H groups in total. The van der Waals surface area contributed by atoms with Crippen LogP contribution in [0.1, 0.15) is 264 Å². The van der Waals surface area contributed by atoms with Gasteiger partial charge in [0, 0.05) is 12.8 Å². The zero-order chi connectivity index (χ0) is 53.2. The maximum Gasteiger partial charge on any atom is 0.306 e. The number of esters is 2. The molecule has 0 aromatic carbocycles. The fraction of sp³-hybridized carbons (Fsp3) is 0.966. The van der Waals surface area contributed by atoms with Gasteiger partial charge in [-0.15, -0.1) is 0 Å². The number of carbonyl (C=O) groups excluding carboxylic acids is 2. The Morgan fingerprint density at radius 1 is 0.384 bits per heavy atom. The number of carbonyl (C=O) groups is 2. The van der Waals surface area contributed by atoms with Crippen molar-refractivity contribution in [2.75, 3.05) is 26.4 Å². The molecule has 2 rings (SSSR count). The molecule has 0 aliphatic carbocycles. The summed E-state index contributed by atoms with van der Waals surface area (Å²) < 4.78 is 33.7. The van der Waals surface area contributed by atoms with Gasteiger partial charge in [-0.1, -0.05) is 239 Å². The lowest BCUT2D eigenvalue weighted by molar-refractivity contribution is -0.332. The summed E-state index contributed by atoms with van der Waals surface area (Å²) in [5.74, 6) is -0.902. The maximum absolute atomic E-state index is 13.1. The molecule has 0 aromatic heterocycles. The molecule has 73 heavy (non-hydrogen) atoms. The number of rotatable bonds is 49. The van der Waals surface area contributed by atoms with Crippen molar-refractivity contribution < 1.29 is 73.8 Å². The zero-order valence-corrected chi connectivity index (χ0v) is 46.2. The Morgan fingerprint density at radius 3 is 1.07 bits per heavy atom. The molecule has 2 fully saturated rings. The van der Waals surface area contributed by atoms with Crippen LogP contribution < -0.4 is 0 Å². The molecule has 2 saturated heterocycles. The highest BCUT2D eigenvalue weighted by Crippen LogP contribution is 2.27. The first-order valence-electron chi connectivity index (χ1n) is 30.1. The fourth-order valence-corrected chi connectivity index (χ4v) is 9.93. The maximum atomic E-state index is 13.1. The Labute approximate surface area is 442 Å². The Bertz CT molecular complexity index is 1280. The van der Waals surface area contributed by atoms with Gasteiger partial charge >= 0.3 is 11.9 Å². The van der Waals surface area contributed by atoms with E-state index in [4.69, 9.17) is 28.4 Å². The third-order valence-electron chi connectivity index (χ3n) is 14.8. The fourth-order valence-electron chi connectivity index (χ4n) is 9.93. The second-order valence-corrected chi connectivity index (χ2v) is 21.5. The molecule has 11 atom stereocenters. The average Bonchev–Trinajstić information content (AvgIpc) is 3.38. The third kappa shape index (κ3) is 32.8. The predicted octanol–water partition coefficient (Wildman–Crippen LogP) is 10.3. The summed E-state index contributed by atoms with van der Waals surface area (Å²) in [6.45, 7) is 2.66. The van der Waals surface area contributed by atoms with E-state index in [0.29, 0.717) is 12.8 Å². The average molecular weight is 1050 g/mol. The van der Waals surface area contributed by atoms with Gasteiger partial charge in [-0.25, -0.2) is 0 Å². The molecule has 0 radical (unpaired) electrons. The molecule has 15 heteroatoms. The lowest BCUT2D eigenvalue weighted by Gasteiger charge is -2.42. The van der Waals surface area contributed by atoms with Gasteiger partial charge in [-0.3, -0.25) is 9.59 Å². The van der Waals surface area contributed by atoms with Gasteiger partial charge in [0.05, 0.1) is 19.8 Å². The van der Waals surface area contributed by atoms with E-state index < -0.39 is 92.7 Å². The Balaban J connectivity index is 1.73. The van der Waals surface area contributed by atoms with E-state index in [9.17, 15) is 45.3 Å². The molecule has 15 nitrogen and oxygen atoms in total. The highest BCUT2D eigenvalue weighted by atomic mass is 16.7. The minimum atomic E-state index is -1.76.